The van der Waals surface area contributed by atoms with Crippen molar-refractivity contribution in [1.29, 1.82) is 0 Å². The number of fused-ring (bicyclic) bond motifs is 1. The van der Waals surface area contributed by atoms with Gasteiger partial charge in [0.1, 0.15) is 5.69 Å². The van der Waals surface area contributed by atoms with E-state index >= 15 is 0 Å². The number of H-pyrrole nitrogens is 1. The number of aliphatic hydroxyl groups is 1. The SMILES string of the molecule is Nc1nc2c(c(=O)[nH]1)NCN2CCC(=O)NCCO. The third-order valence-corrected chi connectivity index (χ3v) is 2.71. The fourth-order valence-corrected chi connectivity index (χ4v) is 1.82. The van der Waals surface area contributed by atoms with Gasteiger partial charge in [-0.05, 0) is 0 Å². The van der Waals surface area contributed by atoms with E-state index in [4.69, 9.17) is 10.8 Å². The highest BCUT2D eigenvalue weighted by atomic mass is 16.3. The molecule has 1 aliphatic rings. The number of nitrogens with two attached hydrogens (primary N) is 1. The van der Waals surface area contributed by atoms with E-state index in [0.29, 0.717) is 24.7 Å². The number of nitrogens with one attached hydrogen (secondary N) is 3. The molecule has 1 aromatic rings. The molecule has 0 spiro atoms. The minimum absolute atomic E-state index is 0.0437. The van der Waals surface area contributed by atoms with Crippen LogP contribution in [0.15, 0.2) is 4.79 Å². The molecule has 19 heavy (non-hydrogen) atoms. The van der Waals surface area contributed by atoms with Gasteiger partial charge in [0.05, 0.1) is 13.3 Å². The van der Waals surface area contributed by atoms with Gasteiger partial charge < -0.3 is 26.4 Å². The Morgan fingerprint density at radius 1 is 1.58 bits per heavy atom. The molecule has 1 aliphatic heterocycles. The standard InChI is InChI=1S/C10H16N6O3/c11-10-14-8-7(9(19)15-10)13-5-16(8)3-1-6(18)12-2-4-17/h13,17H,1-5H2,(H,12,18)(H3,11,14,15,19). The summed E-state index contributed by atoms with van der Waals surface area (Å²) >= 11 is 0. The van der Waals surface area contributed by atoms with Crippen LogP contribution in [-0.4, -0.2) is 47.3 Å². The Kier molecular flexibility index (Phi) is 3.85. The summed E-state index contributed by atoms with van der Waals surface area (Å²) in [7, 11) is 0. The molecule has 9 heteroatoms. The maximum atomic E-state index is 11.6. The molecule has 0 saturated carbocycles. The van der Waals surface area contributed by atoms with Crippen molar-refractivity contribution < 1.29 is 9.90 Å². The number of amides is 1. The summed E-state index contributed by atoms with van der Waals surface area (Å²) < 4.78 is 0. The first-order valence-corrected chi connectivity index (χ1v) is 5.88. The number of nitrogens with zero attached hydrogens (tertiary/aromatic N) is 2. The zero-order valence-corrected chi connectivity index (χ0v) is 10.3. The fraction of sp³-hybridized carbons (Fsp3) is 0.500. The topological polar surface area (TPSA) is 136 Å². The minimum atomic E-state index is -0.324. The number of hydrogen-bond donors (Lipinski definition) is 5. The number of anilines is 3. The molecular weight excluding hydrogens is 252 g/mol. The van der Waals surface area contributed by atoms with E-state index in [0.717, 1.165) is 0 Å². The molecule has 0 saturated heterocycles. The molecule has 0 unspecified atom stereocenters. The molecule has 104 valence electrons. The average Bonchev–Trinajstić information content (AvgIpc) is 2.77. The lowest BCUT2D eigenvalue weighted by Gasteiger charge is -2.16. The Hall–Kier alpha value is -2.29. The summed E-state index contributed by atoms with van der Waals surface area (Å²) in [6.45, 7) is 0.959. The monoisotopic (exact) mass is 268 g/mol. The largest absolute Gasteiger partial charge is 0.395 e. The van der Waals surface area contributed by atoms with Crippen molar-refractivity contribution in [3.63, 3.8) is 0 Å². The number of rotatable bonds is 5. The van der Waals surface area contributed by atoms with Gasteiger partial charge in [0.25, 0.3) is 5.56 Å². The van der Waals surface area contributed by atoms with Crippen LogP contribution in [0, 0.1) is 0 Å². The van der Waals surface area contributed by atoms with E-state index in [1.54, 1.807) is 4.90 Å². The van der Waals surface area contributed by atoms with Gasteiger partial charge >= 0.3 is 0 Å². The van der Waals surface area contributed by atoms with Gasteiger partial charge in [-0.15, -0.1) is 0 Å². The highest BCUT2D eigenvalue weighted by Crippen LogP contribution is 2.25. The van der Waals surface area contributed by atoms with E-state index in [9.17, 15) is 9.59 Å². The van der Waals surface area contributed by atoms with Crippen LogP contribution in [0.5, 0.6) is 0 Å². The minimum Gasteiger partial charge on any atom is -0.395 e. The Bertz CT molecular complexity index is 528. The van der Waals surface area contributed by atoms with Crippen molar-refractivity contribution in [2.45, 2.75) is 6.42 Å². The molecule has 2 rings (SSSR count). The first-order chi connectivity index (χ1) is 9.11. The summed E-state index contributed by atoms with van der Waals surface area (Å²) in [6, 6.07) is 0. The number of carbonyl (C=O) groups is 1. The first kappa shape index (κ1) is 13.1. The molecule has 0 aromatic carbocycles. The molecule has 2 heterocycles. The average molecular weight is 268 g/mol. The second-order valence-corrected chi connectivity index (χ2v) is 4.07. The molecule has 0 aliphatic carbocycles. The molecule has 1 aromatic heterocycles. The molecular formula is C10H16N6O3. The Balaban J connectivity index is 1.99. The fourth-order valence-electron chi connectivity index (χ4n) is 1.82. The van der Waals surface area contributed by atoms with Crippen LogP contribution in [0.1, 0.15) is 6.42 Å². The van der Waals surface area contributed by atoms with Crippen molar-refractivity contribution in [3.05, 3.63) is 10.4 Å². The summed E-state index contributed by atoms with van der Waals surface area (Å²) in [6.07, 6.45) is 0.246. The number of aliphatic hydroxyl groups excluding tert-OH is 1. The zero-order chi connectivity index (χ0) is 13.8. The number of hydrogen-bond acceptors (Lipinski definition) is 7. The van der Waals surface area contributed by atoms with Crippen molar-refractivity contribution in [2.24, 2.45) is 0 Å². The van der Waals surface area contributed by atoms with Crippen LogP contribution in [0.25, 0.3) is 0 Å². The van der Waals surface area contributed by atoms with Gasteiger partial charge in [0.15, 0.2) is 5.82 Å². The van der Waals surface area contributed by atoms with Gasteiger partial charge in [-0.1, -0.05) is 0 Å². The molecule has 0 atom stereocenters. The van der Waals surface area contributed by atoms with Crippen LogP contribution >= 0.6 is 0 Å². The molecule has 1 amide bonds. The Morgan fingerprint density at radius 2 is 2.37 bits per heavy atom. The predicted octanol–water partition coefficient (Wildman–Crippen LogP) is -1.96. The van der Waals surface area contributed by atoms with Crippen LogP contribution < -0.4 is 26.8 Å². The lowest BCUT2D eigenvalue weighted by Crippen LogP contribution is -2.32. The number of aromatic nitrogens is 2. The number of carbonyl (C=O) groups excluding carboxylic acids is 1. The number of nitrogen functional groups attached to an aromatic ring is 1. The lowest BCUT2D eigenvalue weighted by molar-refractivity contribution is -0.121. The molecule has 0 radical (unpaired) electrons. The van der Waals surface area contributed by atoms with Crippen molar-refractivity contribution in [1.82, 2.24) is 15.3 Å². The molecule has 6 N–H and O–H groups in total. The molecule has 0 bridgehead atoms. The van der Waals surface area contributed by atoms with Crippen LogP contribution in [0.4, 0.5) is 17.5 Å². The van der Waals surface area contributed by atoms with Crippen molar-refractivity contribution in [3.8, 4) is 0 Å². The quantitative estimate of drug-likeness (QED) is 0.418. The summed E-state index contributed by atoms with van der Waals surface area (Å²) in [5.74, 6) is 0.332. The van der Waals surface area contributed by atoms with Crippen LogP contribution in [0.3, 0.4) is 0 Å². The van der Waals surface area contributed by atoms with Gasteiger partial charge in [0, 0.05) is 19.5 Å². The normalized spacial score (nSPS) is 13.0. The van der Waals surface area contributed by atoms with E-state index in [1.807, 2.05) is 0 Å². The first-order valence-electron chi connectivity index (χ1n) is 5.88. The zero-order valence-electron chi connectivity index (χ0n) is 10.3. The third-order valence-electron chi connectivity index (χ3n) is 2.71. The van der Waals surface area contributed by atoms with Gasteiger partial charge in [-0.25, -0.2) is 0 Å². The smallest absolute Gasteiger partial charge is 0.277 e. The molecule has 0 fully saturated rings. The second-order valence-electron chi connectivity index (χ2n) is 4.07. The number of aromatic amines is 1. The summed E-state index contributed by atoms with van der Waals surface area (Å²) in [5, 5.41) is 14.0. The van der Waals surface area contributed by atoms with Crippen LogP contribution in [0.2, 0.25) is 0 Å². The Labute approximate surface area is 108 Å². The summed E-state index contributed by atoms with van der Waals surface area (Å²) in [4.78, 5) is 31.2. The maximum Gasteiger partial charge on any atom is 0.277 e. The van der Waals surface area contributed by atoms with Gasteiger partial charge in [-0.2, -0.15) is 4.98 Å². The van der Waals surface area contributed by atoms with E-state index < -0.39 is 0 Å². The third kappa shape index (κ3) is 2.94. The van der Waals surface area contributed by atoms with Crippen LogP contribution in [-0.2, 0) is 4.79 Å². The Morgan fingerprint density at radius 3 is 3.11 bits per heavy atom. The van der Waals surface area contributed by atoms with Gasteiger partial charge in [0.2, 0.25) is 11.9 Å². The highest BCUT2D eigenvalue weighted by molar-refractivity contribution is 5.77. The second kappa shape index (κ2) is 5.57. The van der Waals surface area contributed by atoms with E-state index in [-0.39, 0.29) is 37.0 Å². The van der Waals surface area contributed by atoms with E-state index in [1.165, 1.54) is 0 Å². The highest BCUT2D eigenvalue weighted by Gasteiger charge is 2.23. The maximum absolute atomic E-state index is 11.6. The summed E-state index contributed by atoms with van der Waals surface area (Å²) in [5.41, 5.74) is 5.53. The van der Waals surface area contributed by atoms with Gasteiger partial charge in [-0.3, -0.25) is 14.6 Å². The molecule has 9 nitrogen and oxygen atoms in total. The predicted molar refractivity (Wildman–Crippen MR) is 69.8 cm³/mol. The van der Waals surface area contributed by atoms with Crippen molar-refractivity contribution in [2.75, 3.05) is 42.3 Å². The van der Waals surface area contributed by atoms with E-state index in [2.05, 4.69) is 20.6 Å². The lowest BCUT2D eigenvalue weighted by atomic mass is 10.3. The van der Waals surface area contributed by atoms with Crippen molar-refractivity contribution >= 4 is 23.4 Å².